The van der Waals surface area contributed by atoms with E-state index in [1.54, 1.807) is 0 Å². The van der Waals surface area contributed by atoms with Gasteiger partial charge in [-0.25, -0.2) is 0 Å². The predicted octanol–water partition coefficient (Wildman–Crippen LogP) is 5.21. The number of fused-ring (bicyclic) bond motifs is 1. The summed E-state index contributed by atoms with van der Waals surface area (Å²) in [5, 5.41) is 4.22. The molecule has 0 bridgehead atoms. The highest BCUT2D eigenvalue weighted by Crippen LogP contribution is 2.45. The van der Waals surface area contributed by atoms with E-state index in [4.69, 9.17) is 11.6 Å². The fraction of sp³-hybridized carbons (Fsp3) is 0.250. The summed E-state index contributed by atoms with van der Waals surface area (Å²) in [5.74, 6) is 0.275. The van der Waals surface area contributed by atoms with Gasteiger partial charge in [-0.3, -0.25) is 4.79 Å². The minimum atomic E-state index is 0.00576. The summed E-state index contributed by atoms with van der Waals surface area (Å²) in [6, 6.07) is 14.3. The first-order chi connectivity index (χ1) is 11.1. The molecular formula is C20H18ClNO. The molecule has 0 aromatic heterocycles. The molecule has 0 radical (unpaired) electrons. The standard InChI is InChI=1S/C20H18ClNO/c1-12-5-10-16-15(11-12)19(13-6-8-14(21)9-7-13)20-17(22-16)3-2-4-18(20)23/h5-11,19,22H,2-4H2,1H3. The lowest BCUT2D eigenvalue weighted by atomic mass is 9.75. The quantitative estimate of drug-likeness (QED) is 0.780. The Morgan fingerprint density at radius 2 is 1.87 bits per heavy atom. The molecule has 3 heteroatoms. The number of hydrogen-bond acceptors (Lipinski definition) is 2. The lowest BCUT2D eigenvalue weighted by molar-refractivity contribution is -0.116. The van der Waals surface area contributed by atoms with Gasteiger partial charge in [-0.15, -0.1) is 0 Å². The van der Waals surface area contributed by atoms with Gasteiger partial charge in [0.15, 0.2) is 5.78 Å². The highest BCUT2D eigenvalue weighted by Gasteiger charge is 2.34. The van der Waals surface area contributed by atoms with Crippen LogP contribution in [0.25, 0.3) is 0 Å². The summed E-state index contributed by atoms with van der Waals surface area (Å²) >= 11 is 6.05. The number of carbonyl (C=O) groups excluding carboxylic acids is 1. The number of Topliss-reactive ketones (excluding diaryl/α,β-unsaturated/α-hetero) is 1. The molecule has 23 heavy (non-hydrogen) atoms. The summed E-state index contributed by atoms with van der Waals surface area (Å²) in [6.45, 7) is 2.09. The number of carbonyl (C=O) groups is 1. The topological polar surface area (TPSA) is 29.1 Å². The van der Waals surface area contributed by atoms with E-state index in [0.29, 0.717) is 6.42 Å². The molecule has 0 fully saturated rings. The number of anilines is 1. The Morgan fingerprint density at radius 1 is 1.09 bits per heavy atom. The molecule has 2 aliphatic rings. The highest BCUT2D eigenvalue weighted by molar-refractivity contribution is 6.30. The zero-order valence-corrected chi connectivity index (χ0v) is 13.8. The van der Waals surface area contributed by atoms with Crippen LogP contribution in [-0.2, 0) is 4.79 Å². The van der Waals surface area contributed by atoms with Crippen molar-refractivity contribution in [2.45, 2.75) is 32.1 Å². The summed E-state index contributed by atoms with van der Waals surface area (Å²) < 4.78 is 0. The molecular weight excluding hydrogens is 306 g/mol. The Labute approximate surface area is 141 Å². The van der Waals surface area contributed by atoms with E-state index < -0.39 is 0 Å². The number of nitrogens with one attached hydrogen (secondary N) is 1. The van der Waals surface area contributed by atoms with Gasteiger partial charge in [0.2, 0.25) is 0 Å². The maximum absolute atomic E-state index is 12.6. The van der Waals surface area contributed by atoms with Crippen LogP contribution in [0, 0.1) is 6.92 Å². The maximum atomic E-state index is 12.6. The predicted molar refractivity (Wildman–Crippen MR) is 94.0 cm³/mol. The van der Waals surface area contributed by atoms with Crippen LogP contribution in [0.3, 0.4) is 0 Å². The first kappa shape index (κ1) is 14.5. The van der Waals surface area contributed by atoms with Crippen LogP contribution in [0.1, 0.15) is 41.9 Å². The van der Waals surface area contributed by atoms with Crippen molar-refractivity contribution >= 4 is 23.1 Å². The van der Waals surface area contributed by atoms with Gasteiger partial charge in [0.05, 0.1) is 0 Å². The van der Waals surface area contributed by atoms with Crippen molar-refractivity contribution in [2.24, 2.45) is 0 Å². The minimum absolute atomic E-state index is 0.00576. The van der Waals surface area contributed by atoms with E-state index >= 15 is 0 Å². The first-order valence-corrected chi connectivity index (χ1v) is 8.40. The van der Waals surface area contributed by atoms with Crippen molar-refractivity contribution in [3.05, 3.63) is 75.4 Å². The number of hydrogen-bond donors (Lipinski definition) is 1. The Bertz CT molecular complexity index is 820. The summed E-state index contributed by atoms with van der Waals surface area (Å²) in [4.78, 5) is 12.6. The molecule has 1 aliphatic carbocycles. The van der Waals surface area contributed by atoms with Crippen molar-refractivity contribution < 1.29 is 4.79 Å². The van der Waals surface area contributed by atoms with Crippen LogP contribution in [0.15, 0.2) is 53.7 Å². The number of aryl methyl sites for hydroxylation is 1. The molecule has 2 aromatic rings. The second-order valence-electron chi connectivity index (χ2n) is 6.37. The van der Waals surface area contributed by atoms with Crippen molar-refractivity contribution in [1.82, 2.24) is 0 Å². The Morgan fingerprint density at radius 3 is 2.65 bits per heavy atom. The minimum Gasteiger partial charge on any atom is -0.358 e. The van der Waals surface area contributed by atoms with Crippen molar-refractivity contribution in [2.75, 3.05) is 5.32 Å². The van der Waals surface area contributed by atoms with Crippen LogP contribution < -0.4 is 5.32 Å². The van der Waals surface area contributed by atoms with Gasteiger partial charge in [0, 0.05) is 34.3 Å². The van der Waals surface area contributed by atoms with E-state index in [1.807, 2.05) is 24.3 Å². The Hall–Kier alpha value is -2.06. The smallest absolute Gasteiger partial charge is 0.161 e. The van der Waals surface area contributed by atoms with Crippen LogP contribution in [0.4, 0.5) is 5.69 Å². The largest absolute Gasteiger partial charge is 0.358 e. The van der Waals surface area contributed by atoms with E-state index in [0.717, 1.165) is 40.4 Å². The van der Waals surface area contributed by atoms with E-state index in [9.17, 15) is 4.79 Å². The van der Waals surface area contributed by atoms with Crippen LogP contribution in [-0.4, -0.2) is 5.78 Å². The van der Waals surface area contributed by atoms with Gasteiger partial charge in [-0.2, -0.15) is 0 Å². The zero-order chi connectivity index (χ0) is 16.0. The van der Waals surface area contributed by atoms with Gasteiger partial charge < -0.3 is 5.32 Å². The number of halogens is 1. The maximum Gasteiger partial charge on any atom is 0.161 e. The molecule has 1 unspecified atom stereocenters. The first-order valence-electron chi connectivity index (χ1n) is 8.03. The fourth-order valence-corrected chi connectivity index (χ4v) is 3.81. The molecule has 4 rings (SSSR count). The summed E-state index contributed by atoms with van der Waals surface area (Å²) in [7, 11) is 0. The average Bonchev–Trinajstić information content (AvgIpc) is 2.54. The molecule has 116 valence electrons. The number of benzene rings is 2. The second kappa shape index (κ2) is 5.54. The molecule has 0 saturated heterocycles. The van der Waals surface area contributed by atoms with Crippen LogP contribution >= 0.6 is 11.6 Å². The van der Waals surface area contributed by atoms with E-state index in [1.165, 1.54) is 11.1 Å². The van der Waals surface area contributed by atoms with Crippen LogP contribution in [0.2, 0.25) is 5.02 Å². The highest BCUT2D eigenvalue weighted by atomic mass is 35.5. The van der Waals surface area contributed by atoms with Gasteiger partial charge in [-0.05, 0) is 49.1 Å². The molecule has 0 saturated carbocycles. The molecule has 2 aromatic carbocycles. The van der Waals surface area contributed by atoms with Gasteiger partial charge in [0.25, 0.3) is 0 Å². The van der Waals surface area contributed by atoms with Gasteiger partial charge in [-0.1, -0.05) is 41.4 Å². The SMILES string of the molecule is Cc1ccc2c(c1)C(c1ccc(Cl)cc1)C1=C(CCCC1=O)N2. The monoisotopic (exact) mass is 323 g/mol. The zero-order valence-electron chi connectivity index (χ0n) is 13.0. The third kappa shape index (κ3) is 2.47. The number of ketones is 1. The summed E-state index contributed by atoms with van der Waals surface area (Å²) in [6.07, 6.45) is 2.52. The molecule has 0 spiro atoms. The number of allylic oxidation sites excluding steroid dienone is 2. The Kier molecular flexibility index (Phi) is 3.50. The normalized spacial score (nSPS) is 19.9. The summed E-state index contributed by atoms with van der Waals surface area (Å²) in [5.41, 5.74) is 6.67. The third-order valence-electron chi connectivity index (χ3n) is 4.75. The van der Waals surface area contributed by atoms with Crippen LogP contribution in [0.5, 0.6) is 0 Å². The molecule has 1 N–H and O–H groups in total. The van der Waals surface area contributed by atoms with E-state index in [-0.39, 0.29) is 11.7 Å². The Balaban J connectivity index is 1.94. The van der Waals surface area contributed by atoms with Crippen molar-refractivity contribution in [3.8, 4) is 0 Å². The molecule has 0 amide bonds. The third-order valence-corrected chi connectivity index (χ3v) is 5.00. The molecule has 1 heterocycles. The van der Waals surface area contributed by atoms with E-state index in [2.05, 4.69) is 30.4 Å². The van der Waals surface area contributed by atoms with Gasteiger partial charge >= 0.3 is 0 Å². The fourth-order valence-electron chi connectivity index (χ4n) is 3.68. The van der Waals surface area contributed by atoms with Crippen molar-refractivity contribution in [3.63, 3.8) is 0 Å². The molecule has 1 aliphatic heterocycles. The lowest BCUT2D eigenvalue weighted by Crippen LogP contribution is -2.26. The lowest BCUT2D eigenvalue weighted by Gasteiger charge is -2.34. The van der Waals surface area contributed by atoms with Gasteiger partial charge in [0.1, 0.15) is 0 Å². The number of rotatable bonds is 1. The second-order valence-corrected chi connectivity index (χ2v) is 6.81. The van der Waals surface area contributed by atoms with Crippen molar-refractivity contribution in [1.29, 1.82) is 0 Å². The molecule has 1 atom stereocenters. The molecule has 2 nitrogen and oxygen atoms in total. The average molecular weight is 324 g/mol.